The van der Waals surface area contributed by atoms with Gasteiger partial charge >= 0.3 is 0 Å². The van der Waals surface area contributed by atoms with Crippen molar-refractivity contribution in [2.24, 2.45) is 5.92 Å². The van der Waals surface area contributed by atoms with E-state index in [9.17, 15) is 0 Å². The number of aromatic nitrogens is 2. The van der Waals surface area contributed by atoms with E-state index in [0.717, 1.165) is 25.3 Å². The Kier molecular flexibility index (Phi) is 4.82. The monoisotopic (exact) mass is 209 g/mol. The molecule has 0 saturated carbocycles. The molecule has 0 spiro atoms. The molecule has 0 fully saturated rings. The van der Waals surface area contributed by atoms with E-state index in [1.54, 1.807) is 0 Å². The van der Waals surface area contributed by atoms with Crippen molar-refractivity contribution >= 4 is 0 Å². The van der Waals surface area contributed by atoms with Crippen LogP contribution in [0.1, 0.15) is 51.6 Å². The Hall–Kier alpha value is -0.830. The minimum absolute atomic E-state index is 0.531. The summed E-state index contributed by atoms with van der Waals surface area (Å²) in [5.74, 6) is 2.34. The standard InChI is InChI=1S/C12H23N3/c1-5-10(4)12-14-8-11(15-12)7-13-6-9(2)3/h8-10,13H,5-7H2,1-4H3,(H,14,15). The molecule has 1 atom stereocenters. The number of rotatable bonds is 6. The molecule has 0 aliphatic carbocycles. The van der Waals surface area contributed by atoms with Crippen LogP contribution < -0.4 is 5.32 Å². The third kappa shape index (κ3) is 4.04. The van der Waals surface area contributed by atoms with Crippen molar-refractivity contribution in [2.75, 3.05) is 6.54 Å². The topological polar surface area (TPSA) is 40.7 Å². The fourth-order valence-electron chi connectivity index (χ4n) is 1.41. The van der Waals surface area contributed by atoms with Crippen LogP contribution in [-0.2, 0) is 6.54 Å². The summed E-state index contributed by atoms with van der Waals surface area (Å²) in [5.41, 5.74) is 1.19. The van der Waals surface area contributed by atoms with Crippen LogP contribution in [-0.4, -0.2) is 16.5 Å². The van der Waals surface area contributed by atoms with Gasteiger partial charge in [-0.1, -0.05) is 27.7 Å². The van der Waals surface area contributed by atoms with E-state index < -0.39 is 0 Å². The maximum absolute atomic E-state index is 4.39. The smallest absolute Gasteiger partial charge is 0.109 e. The minimum Gasteiger partial charge on any atom is -0.345 e. The number of nitrogens with one attached hydrogen (secondary N) is 2. The first-order valence-corrected chi connectivity index (χ1v) is 5.88. The van der Waals surface area contributed by atoms with Gasteiger partial charge in [0.05, 0.1) is 0 Å². The molecule has 0 aliphatic heterocycles. The largest absolute Gasteiger partial charge is 0.345 e. The second kappa shape index (κ2) is 5.91. The van der Waals surface area contributed by atoms with Crippen molar-refractivity contribution in [1.29, 1.82) is 0 Å². The lowest BCUT2D eigenvalue weighted by Crippen LogP contribution is -2.19. The lowest BCUT2D eigenvalue weighted by Gasteiger charge is -2.06. The number of H-pyrrole nitrogens is 1. The SMILES string of the molecule is CCC(C)c1ncc(CNCC(C)C)[nH]1. The maximum atomic E-state index is 4.39. The normalized spacial score (nSPS) is 13.4. The minimum atomic E-state index is 0.531. The molecule has 0 aliphatic rings. The number of aromatic amines is 1. The summed E-state index contributed by atoms with van der Waals surface area (Å²) in [5, 5.41) is 3.40. The molecule has 1 rings (SSSR count). The van der Waals surface area contributed by atoms with Crippen molar-refractivity contribution in [3.63, 3.8) is 0 Å². The lowest BCUT2D eigenvalue weighted by atomic mass is 10.1. The number of nitrogens with zero attached hydrogens (tertiary/aromatic N) is 1. The van der Waals surface area contributed by atoms with Gasteiger partial charge in [0.15, 0.2) is 0 Å². The van der Waals surface area contributed by atoms with E-state index in [0.29, 0.717) is 11.8 Å². The summed E-state index contributed by atoms with van der Waals surface area (Å²) in [4.78, 5) is 7.75. The van der Waals surface area contributed by atoms with Gasteiger partial charge in [-0.2, -0.15) is 0 Å². The number of hydrogen-bond acceptors (Lipinski definition) is 2. The summed E-state index contributed by atoms with van der Waals surface area (Å²) < 4.78 is 0. The molecule has 0 saturated heterocycles. The first-order valence-electron chi connectivity index (χ1n) is 5.88. The quantitative estimate of drug-likeness (QED) is 0.756. The fraction of sp³-hybridized carbons (Fsp3) is 0.750. The van der Waals surface area contributed by atoms with Crippen LogP contribution in [0.3, 0.4) is 0 Å². The number of imidazole rings is 1. The van der Waals surface area contributed by atoms with Gasteiger partial charge in [-0.05, 0) is 18.9 Å². The third-order valence-corrected chi connectivity index (χ3v) is 2.60. The fourth-order valence-corrected chi connectivity index (χ4v) is 1.41. The van der Waals surface area contributed by atoms with Gasteiger partial charge in [0.25, 0.3) is 0 Å². The molecule has 2 N–H and O–H groups in total. The Bertz CT molecular complexity index is 278. The van der Waals surface area contributed by atoms with Gasteiger partial charge in [-0.3, -0.25) is 0 Å². The van der Waals surface area contributed by atoms with Gasteiger partial charge < -0.3 is 10.3 Å². The van der Waals surface area contributed by atoms with Crippen molar-refractivity contribution in [3.8, 4) is 0 Å². The highest BCUT2D eigenvalue weighted by atomic mass is 15.0. The Balaban J connectivity index is 2.39. The Labute approximate surface area is 92.7 Å². The molecule has 1 unspecified atom stereocenters. The average Bonchev–Trinajstić information content (AvgIpc) is 2.65. The first-order chi connectivity index (χ1) is 7.13. The molecule has 1 aromatic heterocycles. The van der Waals surface area contributed by atoms with Crippen molar-refractivity contribution in [3.05, 3.63) is 17.7 Å². The molecule has 15 heavy (non-hydrogen) atoms. The molecular formula is C12H23N3. The second-order valence-corrected chi connectivity index (χ2v) is 4.63. The predicted octanol–water partition coefficient (Wildman–Crippen LogP) is 2.67. The van der Waals surface area contributed by atoms with E-state index in [4.69, 9.17) is 0 Å². The molecule has 3 heteroatoms. The van der Waals surface area contributed by atoms with E-state index >= 15 is 0 Å². The highest BCUT2D eigenvalue weighted by molar-refractivity contribution is 5.04. The molecule has 1 heterocycles. The molecule has 1 aromatic rings. The van der Waals surface area contributed by atoms with E-state index in [1.807, 2.05) is 6.20 Å². The molecule has 3 nitrogen and oxygen atoms in total. The summed E-state index contributed by atoms with van der Waals surface area (Å²) in [6.45, 7) is 10.8. The zero-order valence-electron chi connectivity index (χ0n) is 10.3. The van der Waals surface area contributed by atoms with E-state index in [2.05, 4.69) is 43.0 Å². The van der Waals surface area contributed by atoms with Crippen LogP contribution in [0.15, 0.2) is 6.20 Å². The van der Waals surface area contributed by atoms with E-state index in [1.165, 1.54) is 5.69 Å². The molecule has 0 aromatic carbocycles. The Morgan fingerprint density at radius 3 is 2.73 bits per heavy atom. The highest BCUT2D eigenvalue weighted by Crippen LogP contribution is 2.14. The Morgan fingerprint density at radius 1 is 1.40 bits per heavy atom. The third-order valence-electron chi connectivity index (χ3n) is 2.60. The van der Waals surface area contributed by atoms with Crippen molar-refractivity contribution < 1.29 is 0 Å². The average molecular weight is 209 g/mol. The maximum Gasteiger partial charge on any atom is 0.109 e. The zero-order chi connectivity index (χ0) is 11.3. The summed E-state index contributed by atoms with van der Waals surface area (Å²) in [6.07, 6.45) is 3.07. The molecule has 86 valence electrons. The van der Waals surface area contributed by atoms with Gasteiger partial charge in [-0.25, -0.2) is 4.98 Å². The second-order valence-electron chi connectivity index (χ2n) is 4.63. The van der Waals surface area contributed by atoms with Crippen molar-refractivity contribution in [1.82, 2.24) is 15.3 Å². The zero-order valence-corrected chi connectivity index (χ0v) is 10.3. The van der Waals surface area contributed by atoms with E-state index in [-0.39, 0.29) is 0 Å². The first kappa shape index (κ1) is 12.2. The molecule has 0 bridgehead atoms. The Morgan fingerprint density at radius 2 is 2.13 bits per heavy atom. The summed E-state index contributed by atoms with van der Waals surface area (Å²) in [7, 11) is 0. The molecule has 0 amide bonds. The van der Waals surface area contributed by atoms with Crippen LogP contribution in [0, 0.1) is 5.92 Å². The van der Waals surface area contributed by atoms with Crippen LogP contribution in [0.4, 0.5) is 0 Å². The molecule has 0 radical (unpaired) electrons. The van der Waals surface area contributed by atoms with Crippen LogP contribution in [0.2, 0.25) is 0 Å². The summed E-state index contributed by atoms with van der Waals surface area (Å²) in [6, 6.07) is 0. The van der Waals surface area contributed by atoms with Gasteiger partial charge in [0, 0.05) is 24.4 Å². The highest BCUT2D eigenvalue weighted by Gasteiger charge is 2.06. The van der Waals surface area contributed by atoms with Crippen LogP contribution >= 0.6 is 0 Å². The van der Waals surface area contributed by atoms with Crippen LogP contribution in [0.5, 0.6) is 0 Å². The van der Waals surface area contributed by atoms with Crippen molar-refractivity contribution in [2.45, 2.75) is 46.6 Å². The predicted molar refractivity (Wildman–Crippen MR) is 63.8 cm³/mol. The van der Waals surface area contributed by atoms with Crippen LogP contribution in [0.25, 0.3) is 0 Å². The van der Waals surface area contributed by atoms with Gasteiger partial charge in [-0.15, -0.1) is 0 Å². The van der Waals surface area contributed by atoms with Gasteiger partial charge in [0.1, 0.15) is 5.82 Å². The lowest BCUT2D eigenvalue weighted by molar-refractivity contribution is 0.548. The summed E-state index contributed by atoms with van der Waals surface area (Å²) >= 11 is 0. The molecular weight excluding hydrogens is 186 g/mol. The van der Waals surface area contributed by atoms with Gasteiger partial charge in [0.2, 0.25) is 0 Å². The number of hydrogen-bond donors (Lipinski definition) is 2.